The first-order valence-electron chi connectivity index (χ1n) is 6.28. The van der Waals surface area contributed by atoms with Crippen LogP contribution in [0.25, 0.3) is 6.08 Å². The van der Waals surface area contributed by atoms with Crippen molar-refractivity contribution in [1.29, 1.82) is 0 Å². The van der Waals surface area contributed by atoms with Crippen molar-refractivity contribution < 1.29 is 4.74 Å². The number of hydrogen-bond acceptors (Lipinski definition) is 1. The van der Waals surface area contributed by atoms with Gasteiger partial charge in [-0.1, -0.05) is 60.7 Å². The molecule has 0 aliphatic carbocycles. The summed E-state index contributed by atoms with van der Waals surface area (Å²) in [7, 11) is 0. The Labute approximate surface area is 109 Å². The summed E-state index contributed by atoms with van der Waals surface area (Å²) in [6, 6.07) is 20.2. The Hall–Kier alpha value is -2.02. The third kappa shape index (κ3) is 4.10. The minimum atomic E-state index is 0.187. The predicted octanol–water partition coefficient (Wildman–Crippen LogP) is 4.56. The molecule has 2 rings (SSSR count). The van der Waals surface area contributed by atoms with Crippen molar-refractivity contribution in [1.82, 2.24) is 0 Å². The van der Waals surface area contributed by atoms with Gasteiger partial charge < -0.3 is 4.74 Å². The summed E-state index contributed by atoms with van der Waals surface area (Å²) in [6.45, 7) is 2.09. The maximum atomic E-state index is 5.80. The summed E-state index contributed by atoms with van der Waals surface area (Å²) >= 11 is 0. The van der Waals surface area contributed by atoms with Gasteiger partial charge in [-0.15, -0.1) is 0 Å². The maximum absolute atomic E-state index is 5.80. The molecular formula is C17H18O. The zero-order chi connectivity index (χ0) is 12.6. The summed E-state index contributed by atoms with van der Waals surface area (Å²) < 4.78 is 5.80. The summed E-state index contributed by atoms with van der Waals surface area (Å²) in [6.07, 6.45) is 5.38. The van der Waals surface area contributed by atoms with Gasteiger partial charge in [0.25, 0.3) is 0 Å². The molecule has 0 heterocycles. The van der Waals surface area contributed by atoms with E-state index in [0.717, 1.165) is 12.2 Å². The van der Waals surface area contributed by atoms with Gasteiger partial charge in [0, 0.05) is 6.42 Å². The molecule has 0 bridgehead atoms. The topological polar surface area (TPSA) is 9.23 Å². The van der Waals surface area contributed by atoms with Crippen LogP contribution in [0.15, 0.2) is 66.7 Å². The van der Waals surface area contributed by atoms with Crippen molar-refractivity contribution >= 4 is 6.08 Å². The van der Waals surface area contributed by atoms with Crippen molar-refractivity contribution in [2.75, 3.05) is 0 Å². The second kappa shape index (κ2) is 6.65. The molecule has 0 saturated heterocycles. The zero-order valence-electron chi connectivity index (χ0n) is 10.6. The molecule has 2 aromatic rings. The zero-order valence-corrected chi connectivity index (χ0v) is 10.6. The van der Waals surface area contributed by atoms with Crippen molar-refractivity contribution in [2.45, 2.75) is 19.4 Å². The Bertz CT molecular complexity index is 473. The van der Waals surface area contributed by atoms with Gasteiger partial charge in [0.1, 0.15) is 5.75 Å². The van der Waals surface area contributed by atoms with Gasteiger partial charge in [-0.25, -0.2) is 0 Å². The van der Waals surface area contributed by atoms with Gasteiger partial charge in [-0.2, -0.15) is 0 Å². The molecule has 1 atom stereocenters. The predicted molar refractivity (Wildman–Crippen MR) is 76.6 cm³/mol. The number of para-hydroxylation sites is 1. The van der Waals surface area contributed by atoms with Gasteiger partial charge >= 0.3 is 0 Å². The smallest absolute Gasteiger partial charge is 0.119 e. The van der Waals surface area contributed by atoms with Gasteiger partial charge in [-0.3, -0.25) is 0 Å². The lowest BCUT2D eigenvalue weighted by Crippen LogP contribution is -2.09. The number of benzene rings is 2. The maximum Gasteiger partial charge on any atom is 0.119 e. The lowest BCUT2D eigenvalue weighted by molar-refractivity contribution is 0.225. The van der Waals surface area contributed by atoms with Gasteiger partial charge in [0.2, 0.25) is 0 Å². The Kier molecular flexibility index (Phi) is 4.60. The first-order chi connectivity index (χ1) is 8.84. The van der Waals surface area contributed by atoms with Crippen LogP contribution in [0.4, 0.5) is 0 Å². The highest BCUT2D eigenvalue weighted by Crippen LogP contribution is 2.13. The first-order valence-corrected chi connectivity index (χ1v) is 6.28. The van der Waals surface area contributed by atoms with E-state index in [1.54, 1.807) is 0 Å². The molecule has 92 valence electrons. The van der Waals surface area contributed by atoms with E-state index in [1.807, 2.05) is 48.5 Å². The van der Waals surface area contributed by atoms with Crippen LogP contribution in [0.3, 0.4) is 0 Å². The summed E-state index contributed by atoms with van der Waals surface area (Å²) in [5.41, 5.74) is 1.23. The standard InChI is InChI=1S/C17H18O/c1-15(18-17-13-6-3-7-14-17)9-8-12-16-10-4-2-5-11-16/h2-8,10-15H,9H2,1H3. The molecule has 1 heteroatoms. The molecule has 0 radical (unpaired) electrons. The van der Waals surface area contributed by atoms with E-state index < -0.39 is 0 Å². The molecule has 18 heavy (non-hydrogen) atoms. The third-order valence-corrected chi connectivity index (χ3v) is 2.66. The van der Waals surface area contributed by atoms with Crippen LogP contribution in [0.2, 0.25) is 0 Å². The Morgan fingerprint density at radius 1 is 0.944 bits per heavy atom. The molecule has 0 aliphatic heterocycles. The van der Waals surface area contributed by atoms with E-state index in [2.05, 4.69) is 31.2 Å². The SMILES string of the molecule is CC(CC=Cc1ccccc1)Oc1ccccc1. The van der Waals surface area contributed by atoms with Crippen LogP contribution in [0.5, 0.6) is 5.75 Å². The monoisotopic (exact) mass is 238 g/mol. The largest absolute Gasteiger partial charge is 0.490 e. The van der Waals surface area contributed by atoms with Crippen LogP contribution in [0, 0.1) is 0 Å². The van der Waals surface area contributed by atoms with Crippen molar-refractivity contribution in [2.24, 2.45) is 0 Å². The second-order valence-electron chi connectivity index (χ2n) is 4.29. The Balaban J connectivity index is 1.82. The minimum Gasteiger partial charge on any atom is -0.490 e. The third-order valence-electron chi connectivity index (χ3n) is 2.66. The number of hydrogen-bond donors (Lipinski definition) is 0. The summed E-state index contributed by atoms with van der Waals surface area (Å²) in [5, 5.41) is 0. The summed E-state index contributed by atoms with van der Waals surface area (Å²) in [5.74, 6) is 0.929. The van der Waals surface area contributed by atoms with E-state index >= 15 is 0 Å². The van der Waals surface area contributed by atoms with Crippen molar-refractivity contribution in [3.63, 3.8) is 0 Å². The molecule has 0 amide bonds. The van der Waals surface area contributed by atoms with Crippen LogP contribution >= 0.6 is 0 Å². The first kappa shape index (κ1) is 12.4. The highest BCUT2D eigenvalue weighted by molar-refractivity contribution is 5.48. The fourth-order valence-electron chi connectivity index (χ4n) is 1.74. The molecule has 2 aromatic carbocycles. The van der Waals surface area contributed by atoms with E-state index in [1.165, 1.54) is 5.56 Å². The normalized spacial score (nSPS) is 12.5. The van der Waals surface area contributed by atoms with E-state index in [9.17, 15) is 0 Å². The molecule has 1 unspecified atom stereocenters. The quantitative estimate of drug-likeness (QED) is 0.742. The molecule has 0 spiro atoms. The molecule has 0 aromatic heterocycles. The number of rotatable bonds is 5. The molecule has 0 N–H and O–H groups in total. The van der Waals surface area contributed by atoms with Crippen molar-refractivity contribution in [3.8, 4) is 5.75 Å². The van der Waals surface area contributed by atoms with E-state index in [-0.39, 0.29) is 6.10 Å². The fraction of sp³-hybridized carbons (Fsp3) is 0.176. The summed E-state index contributed by atoms with van der Waals surface area (Å²) in [4.78, 5) is 0. The minimum absolute atomic E-state index is 0.187. The highest BCUT2D eigenvalue weighted by Gasteiger charge is 2.00. The van der Waals surface area contributed by atoms with Crippen LogP contribution in [-0.2, 0) is 0 Å². The molecule has 0 fully saturated rings. The Morgan fingerprint density at radius 2 is 1.56 bits per heavy atom. The van der Waals surface area contributed by atoms with Crippen LogP contribution in [-0.4, -0.2) is 6.10 Å². The Morgan fingerprint density at radius 3 is 2.22 bits per heavy atom. The van der Waals surface area contributed by atoms with Crippen LogP contribution in [0.1, 0.15) is 18.9 Å². The van der Waals surface area contributed by atoms with Gasteiger partial charge in [-0.05, 0) is 24.6 Å². The molecule has 0 aliphatic rings. The average Bonchev–Trinajstić information content (AvgIpc) is 2.41. The van der Waals surface area contributed by atoms with E-state index in [4.69, 9.17) is 4.74 Å². The lowest BCUT2D eigenvalue weighted by Gasteiger charge is -2.12. The highest BCUT2D eigenvalue weighted by atomic mass is 16.5. The molecule has 0 saturated carbocycles. The second-order valence-corrected chi connectivity index (χ2v) is 4.29. The fourth-order valence-corrected chi connectivity index (χ4v) is 1.74. The van der Waals surface area contributed by atoms with E-state index in [0.29, 0.717) is 0 Å². The van der Waals surface area contributed by atoms with Crippen molar-refractivity contribution in [3.05, 3.63) is 72.3 Å². The van der Waals surface area contributed by atoms with Crippen LogP contribution < -0.4 is 4.74 Å². The molecule has 1 nitrogen and oxygen atoms in total. The lowest BCUT2D eigenvalue weighted by atomic mass is 10.2. The average molecular weight is 238 g/mol. The number of ether oxygens (including phenoxy) is 1. The van der Waals surface area contributed by atoms with Gasteiger partial charge in [0.15, 0.2) is 0 Å². The molecular weight excluding hydrogens is 220 g/mol. The van der Waals surface area contributed by atoms with Gasteiger partial charge in [0.05, 0.1) is 6.10 Å².